The molecular weight excluding hydrogens is 439 g/mol. The first-order valence-electron chi connectivity index (χ1n) is 9.50. The first-order chi connectivity index (χ1) is 12.2. The van der Waals surface area contributed by atoms with E-state index < -0.39 is 0 Å². The van der Waals surface area contributed by atoms with Gasteiger partial charge in [0.15, 0.2) is 5.96 Å². The van der Waals surface area contributed by atoms with Crippen LogP contribution in [0.15, 0.2) is 35.3 Å². The zero-order valence-electron chi connectivity index (χ0n) is 16.6. The Balaban J connectivity index is 0.00000625. The van der Waals surface area contributed by atoms with Gasteiger partial charge in [0, 0.05) is 45.1 Å². The zero-order valence-corrected chi connectivity index (χ0v) is 19.0. The van der Waals surface area contributed by atoms with E-state index in [-0.39, 0.29) is 29.9 Å². The summed E-state index contributed by atoms with van der Waals surface area (Å²) in [7, 11) is 0. The van der Waals surface area contributed by atoms with E-state index in [1.807, 2.05) is 31.7 Å². The van der Waals surface area contributed by atoms with Crippen LogP contribution in [0.1, 0.15) is 52.0 Å². The van der Waals surface area contributed by atoms with Crippen LogP contribution >= 0.6 is 24.0 Å². The van der Waals surface area contributed by atoms with Crippen LogP contribution in [0.5, 0.6) is 0 Å². The molecule has 0 saturated heterocycles. The van der Waals surface area contributed by atoms with Crippen molar-refractivity contribution in [1.82, 2.24) is 15.5 Å². The minimum Gasteiger partial charge on any atom is -0.357 e. The lowest BCUT2D eigenvalue weighted by molar-refractivity contribution is -0.130. The Kier molecular flexibility index (Phi) is 14.1. The molecule has 0 heterocycles. The fraction of sp³-hybridized carbons (Fsp3) is 0.600. The second-order valence-corrected chi connectivity index (χ2v) is 5.98. The summed E-state index contributed by atoms with van der Waals surface area (Å²) in [5.74, 6) is 1.38. The lowest BCUT2D eigenvalue weighted by Gasteiger charge is -2.19. The molecule has 0 aliphatic rings. The van der Waals surface area contributed by atoms with Gasteiger partial charge in [0.2, 0.25) is 5.91 Å². The van der Waals surface area contributed by atoms with Crippen molar-refractivity contribution in [2.45, 2.75) is 46.5 Å². The van der Waals surface area contributed by atoms with Crippen LogP contribution in [0.2, 0.25) is 0 Å². The van der Waals surface area contributed by atoms with Gasteiger partial charge < -0.3 is 15.5 Å². The predicted octanol–water partition coefficient (Wildman–Crippen LogP) is 3.61. The molecule has 0 aliphatic heterocycles. The molecule has 2 N–H and O–H groups in total. The lowest BCUT2D eigenvalue weighted by Crippen LogP contribution is -2.40. The number of benzene rings is 1. The second-order valence-electron chi connectivity index (χ2n) is 5.98. The van der Waals surface area contributed by atoms with Crippen molar-refractivity contribution in [3.8, 4) is 0 Å². The fourth-order valence-corrected chi connectivity index (χ4v) is 2.76. The first kappa shape index (κ1) is 24.7. The minimum atomic E-state index is 0. The molecular formula is C20H35IN4O. The second kappa shape index (κ2) is 14.8. The molecule has 0 aliphatic carbocycles. The highest BCUT2D eigenvalue weighted by Gasteiger charge is 2.11. The number of hydrogen-bond acceptors (Lipinski definition) is 2. The quantitative estimate of drug-likeness (QED) is 0.310. The maximum atomic E-state index is 12.1. The maximum absolute atomic E-state index is 12.1. The van der Waals surface area contributed by atoms with Crippen LogP contribution in [-0.4, -0.2) is 49.5 Å². The van der Waals surface area contributed by atoms with Crippen molar-refractivity contribution < 1.29 is 4.79 Å². The van der Waals surface area contributed by atoms with E-state index in [4.69, 9.17) is 4.99 Å². The standard InChI is InChI=1S/C20H34N4O.HI/c1-5-17(18-12-10-9-11-13-18)16-23-20(21-6-2)22-15-14-19(25)24(7-3)8-4;/h9-13,17H,5-8,14-16H2,1-4H3,(H2,21,22,23);1H. The normalized spacial score (nSPS) is 12.1. The number of nitrogens with zero attached hydrogens (tertiary/aromatic N) is 2. The molecule has 1 atom stereocenters. The molecule has 0 spiro atoms. The van der Waals surface area contributed by atoms with Gasteiger partial charge in [-0.15, -0.1) is 24.0 Å². The average Bonchev–Trinajstić information content (AvgIpc) is 2.64. The Labute approximate surface area is 176 Å². The summed E-state index contributed by atoms with van der Waals surface area (Å²) in [5.41, 5.74) is 1.32. The van der Waals surface area contributed by atoms with Gasteiger partial charge in [-0.1, -0.05) is 37.3 Å². The summed E-state index contributed by atoms with van der Waals surface area (Å²) < 4.78 is 0. The van der Waals surface area contributed by atoms with E-state index in [1.54, 1.807) is 0 Å². The highest BCUT2D eigenvalue weighted by atomic mass is 127. The van der Waals surface area contributed by atoms with Crippen LogP contribution in [0.4, 0.5) is 0 Å². The maximum Gasteiger partial charge on any atom is 0.224 e. The Morgan fingerprint density at radius 3 is 2.27 bits per heavy atom. The summed E-state index contributed by atoms with van der Waals surface area (Å²) in [6.45, 7) is 11.9. The molecule has 148 valence electrons. The van der Waals surface area contributed by atoms with E-state index in [1.165, 1.54) is 5.56 Å². The van der Waals surface area contributed by atoms with Crippen molar-refractivity contribution >= 4 is 35.8 Å². The monoisotopic (exact) mass is 474 g/mol. The molecule has 1 aromatic carbocycles. The summed E-state index contributed by atoms with van der Waals surface area (Å²) in [5, 5.41) is 6.54. The van der Waals surface area contributed by atoms with E-state index in [9.17, 15) is 4.79 Å². The first-order valence-corrected chi connectivity index (χ1v) is 9.50. The Morgan fingerprint density at radius 1 is 1.08 bits per heavy atom. The van der Waals surface area contributed by atoms with Crippen LogP contribution < -0.4 is 10.6 Å². The summed E-state index contributed by atoms with van der Waals surface area (Å²) in [6, 6.07) is 10.5. The molecule has 1 rings (SSSR count). The number of amides is 1. The number of nitrogens with one attached hydrogen (secondary N) is 2. The van der Waals surface area contributed by atoms with E-state index in [0.29, 0.717) is 18.9 Å². The van der Waals surface area contributed by atoms with Crippen LogP contribution in [0, 0.1) is 0 Å². The SMILES string of the molecule is CCNC(=NCC(CC)c1ccccc1)NCCC(=O)N(CC)CC.I. The number of halogens is 1. The number of rotatable bonds is 10. The lowest BCUT2D eigenvalue weighted by atomic mass is 9.97. The molecule has 0 saturated carbocycles. The Morgan fingerprint density at radius 2 is 1.73 bits per heavy atom. The van der Waals surface area contributed by atoms with Crippen molar-refractivity contribution in [2.75, 3.05) is 32.7 Å². The number of carbonyl (C=O) groups excluding carboxylic acids is 1. The van der Waals surface area contributed by atoms with E-state index >= 15 is 0 Å². The largest absolute Gasteiger partial charge is 0.357 e. The van der Waals surface area contributed by atoms with Crippen molar-refractivity contribution in [1.29, 1.82) is 0 Å². The molecule has 0 bridgehead atoms. The fourth-order valence-electron chi connectivity index (χ4n) is 2.76. The Bertz CT molecular complexity index is 518. The van der Waals surface area contributed by atoms with Crippen LogP contribution in [0.25, 0.3) is 0 Å². The third-order valence-corrected chi connectivity index (χ3v) is 4.33. The topological polar surface area (TPSA) is 56.7 Å². The van der Waals surface area contributed by atoms with Crippen molar-refractivity contribution in [3.63, 3.8) is 0 Å². The molecule has 5 nitrogen and oxygen atoms in total. The van der Waals surface area contributed by atoms with Crippen molar-refractivity contribution in [3.05, 3.63) is 35.9 Å². The Hall–Kier alpha value is -1.31. The molecule has 1 aromatic rings. The highest BCUT2D eigenvalue weighted by Crippen LogP contribution is 2.19. The van der Waals surface area contributed by atoms with Crippen LogP contribution in [0.3, 0.4) is 0 Å². The average molecular weight is 474 g/mol. The van der Waals surface area contributed by atoms with Gasteiger partial charge in [0.1, 0.15) is 0 Å². The number of guanidine groups is 1. The molecule has 26 heavy (non-hydrogen) atoms. The molecule has 0 radical (unpaired) electrons. The zero-order chi connectivity index (χ0) is 18.5. The van der Waals surface area contributed by atoms with Gasteiger partial charge in [-0.05, 0) is 32.8 Å². The highest BCUT2D eigenvalue weighted by molar-refractivity contribution is 14.0. The van der Waals surface area contributed by atoms with Gasteiger partial charge in [-0.3, -0.25) is 9.79 Å². The van der Waals surface area contributed by atoms with Gasteiger partial charge >= 0.3 is 0 Å². The third kappa shape index (κ3) is 8.87. The van der Waals surface area contributed by atoms with Gasteiger partial charge in [0.05, 0.1) is 0 Å². The number of hydrogen-bond donors (Lipinski definition) is 2. The smallest absolute Gasteiger partial charge is 0.224 e. The number of aliphatic imine (C=N–C) groups is 1. The predicted molar refractivity (Wildman–Crippen MR) is 121 cm³/mol. The van der Waals surface area contributed by atoms with Crippen molar-refractivity contribution in [2.24, 2.45) is 4.99 Å². The molecule has 0 aromatic heterocycles. The molecule has 1 amide bonds. The third-order valence-electron chi connectivity index (χ3n) is 4.33. The van der Waals surface area contributed by atoms with Gasteiger partial charge in [-0.2, -0.15) is 0 Å². The number of carbonyl (C=O) groups is 1. The van der Waals surface area contributed by atoms with E-state index in [0.717, 1.165) is 38.6 Å². The molecule has 0 fully saturated rings. The van der Waals surface area contributed by atoms with E-state index in [2.05, 4.69) is 41.8 Å². The van der Waals surface area contributed by atoms with Gasteiger partial charge in [0.25, 0.3) is 0 Å². The summed E-state index contributed by atoms with van der Waals surface area (Å²) in [6.07, 6.45) is 1.54. The summed E-state index contributed by atoms with van der Waals surface area (Å²) in [4.78, 5) is 18.6. The van der Waals surface area contributed by atoms with Crippen LogP contribution in [-0.2, 0) is 4.79 Å². The minimum absolute atomic E-state index is 0. The molecule has 6 heteroatoms. The molecule has 1 unspecified atom stereocenters. The van der Waals surface area contributed by atoms with Gasteiger partial charge in [-0.25, -0.2) is 0 Å². The summed E-state index contributed by atoms with van der Waals surface area (Å²) >= 11 is 0.